The van der Waals surface area contributed by atoms with Gasteiger partial charge < -0.3 is 15.0 Å². The van der Waals surface area contributed by atoms with E-state index in [1.54, 1.807) is 6.07 Å². The Morgan fingerprint density at radius 2 is 2.08 bits per heavy atom. The maximum atomic E-state index is 12.4. The zero-order valence-electron chi connectivity index (χ0n) is 14.0. The van der Waals surface area contributed by atoms with Crippen molar-refractivity contribution in [3.63, 3.8) is 0 Å². The van der Waals surface area contributed by atoms with Crippen LogP contribution in [0.1, 0.15) is 43.0 Å². The molecule has 0 radical (unpaired) electrons. The zero-order chi connectivity index (χ0) is 16.9. The number of hydrogen-bond acceptors (Lipinski definition) is 3. The summed E-state index contributed by atoms with van der Waals surface area (Å²) in [5, 5.41) is 3.60. The number of benzene rings is 1. The Bertz CT molecular complexity index is 769. The molecule has 24 heavy (non-hydrogen) atoms. The quantitative estimate of drug-likeness (QED) is 0.829. The van der Waals surface area contributed by atoms with Crippen LogP contribution in [0.5, 0.6) is 0 Å². The molecular weight excluding hydrogens is 304 g/mol. The molecule has 1 amide bonds. The molecule has 1 aliphatic rings. The van der Waals surface area contributed by atoms with E-state index >= 15 is 0 Å². The van der Waals surface area contributed by atoms with Crippen LogP contribution in [0.25, 0.3) is 10.9 Å². The number of para-hydroxylation sites is 1. The molecule has 128 valence electrons. The van der Waals surface area contributed by atoms with Gasteiger partial charge in [0.25, 0.3) is 5.91 Å². The summed E-state index contributed by atoms with van der Waals surface area (Å²) in [5.74, 6) is 0.351. The number of pyridine rings is 1. The highest BCUT2D eigenvalue weighted by molar-refractivity contribution is 6.05. The highest BCUT2D eigenvalue weighted by Crippen LogP contribution is 2.26. The van der Waals surface area contributed by atoms with Crippen LogP contribution in [0.4, 0.5) is 0 Å². The van der Waals surface area contributed by atoms with Crippen LogP contribution in [0.2, 0.25) is 0 Å². The Morgan fingerprint density at radius 1 is 1.29 bits per heavy atom. The lowest BCUT2D eigenvalue weighted by Gasteiger charge is -2.28. The number of fused-ring (bicyclic) bond motifs is 1. The van der Waals surface area contributed by atoms with Gasteiger partial charge in [-0.2, -0.15) is 0 Å². The Morgan fingerprint density at radius 3 is 2.92 bits per heavy atom. The summed E-state index contributed by atoms with van der Waals surface area (Å²) in [5.41, 5.74) is 0.800. The van der Waals surface area contributed by atoms with E-state index in [9.17, 15) is 9.59 Å². The van der Waals surface area contributed by atoms with Crippen molar-refractivity contribution >= 4 is 16.8 Å². The van der Waals surface area contributed by atoms with Gasteiger partial charge in [0.15, 0.2) is 0 Å². The molecule has 2 aromatic rings. The molecular formula is C19H24N2O3. The molecule has 1 aliphatic carbocycles. The van der Waals surface area contributed by atoms with E-state index in [0.717, 1.165) is 11.8 Å². The summed E-state index contributed by atoms with van der Waals surface area (Å²) in [7, 11) is 0. The fourth-order valence-electron chi connectivity index (χ4n) is 3.39. The number of carbonyl (C=O) groups excluding carboxylic acids is 1. The number of hydrogen-bond donors (Lipinski definition) is 2. The molecule has 2 N–H and O–H groups in total. The number of ether oxygens (including phenoxy) is 1. The molecule has 5 nitrogen and oxygen atoms in total. The van der Waals surface area contributed by atoms with Gasteiger partial charge in [0, 0.05) is 23.5 Å². The van der Waals surface area contributed by atoms with Crippen molar-refractivity contribution in [2.24, 2.45) is 5.92 Å². The Labute approximate surface area is 141 Å². The minimum Gasteiger partial charge on any atom is -0.376 e. The predicted octanol–water partition coefficient (Wildman–Crippen LogP) is 2.85. The molecule has 0 aliphatic heterocycles. The standard InChI is InChI=1S/C19H24N2O3/c1-13-6-2-5-9-17(13)24-11-10-20-19(23)15-12-18(22)21-16-8-4-3-7-14(15)16/h3-4,7-8,12-13,17H,2,5-6,9-11H2,1H3,(H,20,23)(H,21,22)/t13-,17-/m0/s1. The SMILES string of the molecule is C[C@H]1CCCC[C@@H]1OCCNC(=O)c1cc(=O)[nH]c2ccccc12. The molecule has 2 atom stereocenters. The second-order valence-corrected chi connectivity index (χ2v) is 6.52. The molecule has 0 unspecified atom stereocenters. The van der Waals surface area contributed by atoms with Crippen LogP contribution in [0.3, 0.4) is 0 Å². The number of aromatic nitrogens is 1. The van der Waals surface area contributed by atoms with E-state index in [1.165, 1.54) is 25.3 Å². The first-order valence-corrected chi connectivity index (χ1v) is 8.67. The largest absolute Gasteiger partial charge is 0.376 e. The summed E-state index contributed by atoms with van der Waals surface area (Å²) in [6, 6.07) is 8.66. The lowest BCUT2D eigenvalue weighted by atomic mass is 9.88. The average molecular weight is 328 g/mol. The van der Waals surface area contributed by atoms with Crippen LogP contribution >= 0.6 is 0 Å². The maximum Gasteiger partial charge on any atom is 0.252 e. The molecule has 0 spiro atoms. The van der Waals surface area contributed by atoms with E-state index < -0.39 is 0 Å². The van der Waals surface area contributed by atoms with E-state index in [1.807, 2.05) is 18.2 Å². The summed E-state index contributed by atoms with van der Waals surface area (Å²) >= 11 is 0. The molecule has 5 heteroatoms. The average Bonchev–Trinajstić information content (AvgIpc) is 2.59. The van der Waals surface area contributed by atoms with Gasteiger partial charge in [-0.15, -0.1) is 0 Å². The number of nitrogens with one attached hydrogen (secondary N) is 2. The minimum atomic E-state index is -0.272. The third kappa shape index (κ3) is 3.85. The first kappa shape index (κ1) is 16.7. The smallest absolute Gasteiger partial charge is 0.252 e. The van der Waals surface area contributed by atoms with Gasteiger partial charge in [-0.1, -0.05) is 38.0 Å². The van der Waals surface area contributed by atoms with Crippen molar-refractivity contribution in [1.82, 2.24) is 10.3 Å². The van der Waals surface area contributed by atoms with E-state index in [2.05, 4.69) is 17.2 Å². The van der Waals surface area contributed by atoms with Crippen molar-refractivity contribution < 1.29 is 9.53 Å². The van der Waals surface area contributed by atoms with E-state index in [-0.39, 0.29) is 11.5 Å². The van der Waals surface area contributed by atoms with Gasteiger partial charge in [-0.05, 0) is 24.8 Å². The number of aromatic amines is 1. The van der Waals surface area contributed by atoms with Crippen LogP contribution in [0.15, 0.2) is 35.1 Å². The van der Waals surface area contributed by atoms with E-state index in [0.29, 0.717) is 36.3 Å². The fourth-order valence-corrected chi connectivity index (χ4v) is 3.39. The van der Waals surface area contributed by atoms with Crippen LogP contribution < -0.4 is 10.9 Å². The third-order valence-electron chi connectivity index (χ3n) is 4.75. The Hall–Kier alpha value is -2.14. The maximum absolute atomic E-state index is 12.4. The van der Waals surface area contributed by atoms with Gasteiger partial charge >= 0.3 is 0 Å². The molecule has 1 fully saturated rings. The molecule has 0 saturated heterocycles. The monoisotopic (exact) mass is 328 g/mol. The zero-order valence-corrected chi connectivity index (χ0v) is 14.0. The van der Waals surface area contributed by atoms with Crippen molar-refractivity contribution in [2.75, 3.05) is 13.2 Å². The van der Waals surface area contributed by atoms with Gasteiger partial charge in [-0.3, -0.25) is 9.59 Å². The highest BCUT2D eigenvalue weighted by atomic mass is 16.5. The summed E-state index contributed by atoms with van der Waals surface area (Å²) in [4.78, 5) is 26.9. The number of rotatable bonds is 5. The summed E-state index contributed by atoms with van der Waals surface area (Å²) < 4.78 is 5.91. The molecule has 1 aromatic carbocycles. The summed E-state index contributed by atoms with van der Waals surface area (Å²) in [6.45, 7) is 3.18. The Kier molecular flexibility index (Phi) is 5.30. The second-order valence-electron chi connectivity index (χ2n) is 6.52. The second kappa shape index (κ2) is 7.62. The highest BCUT2D eigenvalue weighted by Gasteiger charge is 2.21. The van der Waals surface area contributed by atoms with Crippen LogP contribution in [-0.2, 0) is 4.74 Å². The first-order chi connectivity index (χ1) is 11.6. The van der Waals surface area contributed by atoms with Crippen molar-refractivity contribution in [3.05, 3.63) is 46.2 Å². The molecule has 1 saturated carbocycles. The summed E-state index contributed by atoms with van der Waals surface area (Å²) in [6.07, 6.45) is 5.13. The van der Waals surface area contributed by atoms with Gasteiger partial charge in [0.05, 0.1) is 18.3 Å². The number of H-pyrrole nitrogens is 1. The third-order valence-corrected chi connectivity index (χ3v) is 4.75. The van der Waals surface area contributed by atoms with Gasteiger partial charge in [-0.25, -0.2) is 0 Å². The Balaban J connectivity index is 1.58. The number of carbonyl (C=O) groups is 1. The van der Waals surface area contributed by atoms with Crippen LogP contribution in [-0.4, -0.2) is 30.1 Å². The lowest BCUT2D eigenvalue weighted by Crippen LogP contribution is -2.32. The molecule has 3 rings (SSSR count). The topological polar surface area (TPSA) is 71.2 Å². The molecule has 0 bridgehead atoms. The molecule has 1 heterocycles. The fraction of sp³-hybridized carbons (Fsp3) is 0.474. The van der Waals surface area contributed by atoms with Crippen LogP contribution in [0, 0.1) is 5.92 Å². The predicted molar refractivity (Wildman–Crippen MR) is 94.3 cm³/mol. The van der Waals surface area contributed by atoms with Crippen molar-refractivity contribution in [1.29, 1.82) is 0 Å². The van der Waals surface area contributed by atoms with Gasteiger partial charge in [0.2, 0.25) is 5.56 Å². The first-order valence-electron chi connectivity index (χ1n) is 8.67. The number of amides is 1. The van der Waals surface area contributed by atoms with E-state index in [4.69, 9.17) is 4.74 Å². The minimum absolute atomic E-state index is 0.238. The lowest BCUT2D eigenvalue weighted by molar-refractivity contribution is -0.00293. The van der Waals surface area contributed by atoms with Gasteiger partial charge in [0.1, 0.15) is 0 Å². The normalized spacial score (nSPS) is 20.9. The molecule has 1 aromatic heterocycles. The van der Waals surface area contributed by atoms with Crippen molar-refractivity contribution in [3.8, 4) is 0 Å². The van der Waals surface area contributed by atoms with Crippen molar-refractivity contribution in [2.45, 2.75) is 38.7 Å².